The number of carbonyl (C=O) groups excluding carboxylic acids is 1. The van der Waals surface area contributed by atoms with Crippen LogP contribution in [-0.2, 0) is 11.2 Å². The van der Waals surface area contributed by atoms with E-state index in [1.807, 2.05) is 18.2 Å². The number of rotatable bonds is 0. The zero-order valence-electron chi connectivity index (χ0n) is 7.66. The lowest BCUT2D eigenvalue weighted by atomic mass is 10.1. The molecule has 0 saturated heterocycles. The highest BCUT2D eigenvalue weighted by molar-refractivity contribution is 14.1. The van der Waals surface area contributed by atoms with Crippen LogP contribution in [0.3, 0.4) is 0 Å². The molecule has 0 aliphatic carbocycles. The second-order valence-corrected chi connectivity index (χ2v) is 4.38. The van der Waals surface area contributed by atoms with Crippen LogP contribution < -0.4 is 8.85 Å². The number of nitrogens with zero attached hydrogens (tertiary/aromatic N) is 1. The van der Waals surface area contributed by atoms with E-state index in [2.05, 4.69) is 22.9 Å². The van der Waals surface area contributed by atoms with Crippen molar-refractivity contribution in [2.75, 3.05) is 8.85 Å². The highest BCUT2D eigenvalue weighted by Crippen LogP contribution is 2.30. The van der Waals surface area contributed by atoms with Crippen LogP contribution in [0.15, 0.2) is 18.2 Å². The molecule has 0 atom stereocenters. The molecule has 14 heavy (non-hydrogen) atoms. The Labute approximate surface area is 96.8 Å². The predicted molar refractivity (Wildman–Crippen MR) is 65.3 cm³/mol. The van der Waals surface area contributed by atoms with Crippen LogP contribution in [0.5, 0.6) is 0 Å². The number of aryl methyl sites for hydroxylation is 1. The number of nitrogen functional groups attached to an aromatic ring is 1. The van der Waals surface area contributed by atoms with Crippen LogP contribution in [0.25, 0.3) is 0 Å². The van der Waals surface area contributed by atoms with Gasteiger partial charge in [0, 0.05) is 12.1 Å². The molecule has 1 aromatic rings. The van der Waals surface area contributed by atoms with Gasteiger partial charge >= 0.3 is 0 Å². The van der Waals surface area contributed by atoms with E-state index in [0.29, 0.717) is 6.42 Å². The summed E-state index contributed by atoms with van der Waals surface area (Å²) in [5.41, 5.74) is 8.63. The first-order valence-corrected chi connectivity index (χ1v) is 5.52. The van der Waals surface area contributed by atoms with E-state index >= 15 is 0 Å². The predicted octanol–water partition coefficient (Wildman–Crippen LogP) is 2.29. The highest BCUT2D eigenvalue weighted by Gasteiger charge is 2.19. The number of halogens is 1. The molecule has 0 bridgehead atoms. The van der Waals surface area contributed by atoms with Crippen LogP contribution in [0, 0.1) is 0 Å². The Bertz CT molecular complexity index is 378. The topological polar surface area (TPSA) is 46.3 Å². The first kappa shape index (κ1) is 9.76. The monoisotopic (exact) mass is 302 g/mol. The van der Waals surface area contributed by atoms with E-state index in [4.69, 9.17) is 5.73 Å². The number of hydrogen-bond donors (Lipinski definition) is 1. The summed E-state index contributed by atoms with van der Waals surface area (Å²) in [7, 11) is 0. The Morgan fingerprint density at radius 1 is 1.36 bits per heavy atom. The third kappa shape index (κ3) is 1.70. The van der Waals surface area contributed by atoms with E-state index in [1.165, 1.54) is 5.56 Å². The second-order valence-electron chi connectivity index (χ2n) is 3.42. The van der Waals surface area contributed by atoms with Gasteiger partial charge in [-0.1, -0.05) is 0 Å². The molecule has 0 fully saturated rings. The lowest BCUT2D eigenvalue weighted by molar-refractivity contribution is -0.117. The van der Waals surface area contributed by atoms with Gasteiger partial charge < -0.3 is 5.73 Å². The Hall–Kier alpha value is -0.780. The zero-order chi connectivity index (χ0) is 10.1. The van der Waals surface area contributed by atoms with E-state index in [1.54, 1.807) is 3.11 Å². The first-order valence-electron chi connectivity index (χ1n) is 4.55. The number of hydrogen-bond acceptors (Lipinski definition) is 2. The quantitative estimate of drug-likeness (QED) is 0.454. The molecule has 1 aromatic carbocycles. The molecule has 1 amide bonds. The Kier molecular flexibility index (Phi) is 2.62. The largest absolute Gasteiger partial charge is 0.399 e. The van der Waals surface area contributed by atoms with E-state index in [0.717, 1.165) is 24.2 Å². The van der Waals surface area contributed by atoms with Crippen molar-refractivity contribution in [3.8, 4) is 0 Å². The minimum Gasteiger partial charge on any atom is -0.399 e. The highest BCUT2D eigenvalue weighted by atomic mass is 127. The van der Waals surface area contributed by atoms with Gasteiger partial charge in [-0.3, -0.25) is 7.91 Å². The van der Waals surface area contributed by atoms with Crippen molar-refractivity contribution >= 4 is 40.1 Å². The minimum absolute atomic E-state index is 0.175. The van der Waals surface area contributed by atoms with Crippen molar-refractivity contribution in [2.24, 2.45) is 0 Å². The van der Waals surface area contributed by atoms with Crippen molar-refractivity contribution in [3.05, 3.63) is 23.8 Å². The van der Waals surface area contributed by atoms with Gasteiger partial charge in [0.2, 0.25) is 5.91 Å². The fraction of sp³-hybridized carbons (Fsp3) is 0.300. The van der Waals surface area contributed by atoms with Crippen molar-refractivity contribution in [1.29, 1.82) is 0 Å². The third-order valence-corrected chi connectivity index (χ3v) is 3.43. The molecular formula is C10H11IN2O. The standard InChI is InChI=1S/C10H11IN2O/c11-13-9-5-4-8(12)6-7(9)2-1-3-10(13)14/h4-6H,1-3,12H2. The molecule has 1 aliphatic heterocycles. The van der Waals surface area contributed by atoms with Crippen LogP contribution >= 0.6 is 22.9 Å². The SMILES string of the molecule is Nc1ccc2c(c1)CCCC(=O)N2I. The Morgan fingerprint density at radius 3 is 2.93 bits per heavy atom. The summed E-state index contributed by atoms with van der Waals surface area (Å²) in [6.45, 7) is 0. The normalized spacial score (nSPS) is 16.4. The number of benzene rings is 1. The number of anilines is 2. The van der Waals surface area contributed by atoms with E-state index in [-0.39, 0.29) is 5.91 Å². The Morgan fingerprint density at radius 2 is 2.14 bits per heavy atom. The lowest BCUT2D eigenvalue weighted by Crippen LogP contribution is -2.18. The second kappa shape index (κ2) is 3.76. The number of fused-ring (bicyclic) bond motifs is 1. The molecule has 74 valence electrons. The van der Waals surface area contributed by atoms with Gasteiger partial charge in [0.05, 0.1) is 28.6 Å². The average Bonchev–Trinajstić information content (AvgIpc) is 2.28. The number of nitrogens with two attached hydrogens (primary N) is 1. The molecule has 2 rings (SSSR count). The summed E-state index contributed by atoms with van der Waals surface area (Å²) < 4.78 is 1.69. The molecule has 0 aromatic heterocycles. The van der Waals surface area contributed by atoms with E-state index < -0.39 is 0 Å². The maximum absolute atomic E-state index is 11.5. The van der Waals surface area contributed by atoms with Gasteiger partial charge in [-0.05, 0) is 36.6 Å². The van der Waals surface area contributed by atoms with Crippen LogP contribution in [0.4, 0.5) is 11.4 Å². The van der Waals surface area contributed by atoms with Crippen LogP contribution in [-0.4, -0.2) is 5.91 Å². The average molecular weight is 302 g/mol. The van der Waals surface area contributed by atoms with Gasteiger partial charge in [-0.15, -0.1) is 0 Å². The molecule has 0 unspecified atom stereocenters. The summed E-state index contributed by atoms with van der Waals surface area (Å²) in [6, 6.07) is 5.71. The summed E-state index contributed by atoms with van der Waals surface area (Å²) in [6.07, 6.45) is 2.47. The molecule has 0 saturated carbocycles. The smallest absolute Gasteiger partial charge is 0.235 e. The zero-order valence-corrected chi connectivity index (χ0v) is 9.82. The van der Waals surface area contributed by atoms with E-state index in [9.17, 15) is 4.79 Å². The number of carbonyl (C=O) groups is 1. The lowest BCUT2D eigenvalue weighted by Gasteiger charge is -2.14. The maximum Gasteiger partial charge on any atom is 0.235 e. The van der Waals surface area contributed by atoms with Gasteiger partial charge in [-0.25, -0.2) is 0 Å². The van der Waals surface area contributed by atoms with Crippen molar-refractivity contribution in [1.82, 2.24) is 0 Å². The van der Waals surface area contributed by atoms with Gasteiger partial charge in [-0.2, -0.15) is 0 Å². The fourth-order valence-corrected chi connectivity index (χ4v) is 2.37. The van der Waals surface area contributed by atoms with Gasteiger partial charge in [0.1, 0.15) is 0 Å². The fourth-order valence-electron chi connectivity index (χ4n) is 1.66. The van der Waals surface area contributed by atoms with Crippen molar-refractivity contribution in [3.63, 3.8) is 0 Å². The molecule has 0 spiro atoms. The summed E-state index contributed by atoms with van der Waals surface area (Å²) in [4.78, 5) is 11.5. The molecule has 1 heterocycles. The third-order valence-electron chi connectivity index (χ3n) is 2.37. The molecule has 3 nitrogen and oxygen atoms in total. The Balaban J connectivity index is 2.48. The van der Waals surface area contributed by atoms with Crippen molar-refractivity contribution in [2.45, 2.75) is 19.3 Å². The summed E-state index contributed by atoms with van der Waals surface area (Å²) in [5.74, 6) is 0.175. The van der Waals surface area contributed by atoms with Crippen molar-refractivity contribution < 1.29 is 4.79 Å². The summed E-state index contributed by atoms with van der Waals surface area (Å²) >= 11 is 2.05. The molecule has 2 N–H and O–H groups in total. The molecule has 1 aliphatic rings. The van der Waals surface area contributed by atoms with Gasteiger partial charge in [0.25, 0.3) is 0 Å². The molecule has 4 heteroatoms. The summed E-state index contributed by atoms with van der Waals surface area (Å²) in [5, 5.41) is 0. The maximum atomic E-state index is 11.5. The minimum atomic E-state index is 0.175. The first-order chi connectivity index (χ1) is 6.68. The molecular weight excluding hydrogens is 291 g/mol. The van der Waals surface area contributed by atoms with Crippen LogP contribution in [0.1, 0.15) is 18.4 Å². The van der Waals surface area contributed by atoms with Gasteiger partial charge in [0.15, 0.2) is 0 Å². The number of amides is 1. The van der Waals surface area contributed by atoms with Crippen LogP contribution in [0.2, 0.25) is 0 Å². The molecule has 0 radical (unpaired) electrons.